The van der Waals surface area contributed by atoms with Gasteiger partial charge in [0, 0.05) is 87.9 Å². The van der Waals surface area contributed by atoms with Crippen LogP contribution < -0.4 is 45.9 Å². The summed E-state index contributed by atoms with van der Waals surface area (Å²) in [5.74, 6) is 4.70. The van der Waals surface area contributed by atoms with Gasteiger partial charge in [-0.3, -0.25) is 15.4 Å². The van der Waals surface area contributed by atoms with E-state index < -0.39 is 52.1 Å². The molecule has 38 heteroatoms. The first-order chi connectivity index (χ1) is 51.8. The number of urea groups is 1. The number of hydrogen-bond donors (Lipinski definition) is 5. The highest BCUT2D eigenvalue weighted by atomic mass is 35.5. The molecule has 0 unspecified atom stereocenters. The number of benzene rings is 5. The molecule has 0 aliphatic rings. The molecule has 12 aromatic rings. The third-order valence-electron chi connectivity index (χ3n) is 13.4. The maximum atomic E-state index is 13.0. The van der Waals surface area contributed by atoms with E-state index in [4.69, 9.17) is 45.8 Å². The number of hydrogen-bond acceptors (Lipinski definition) is 25. The molecule has 6 N–H and O–H groups in total. The number of nitrogens with zero attached hydrogens (tertiary/aromatic N) is 19. The summed E-state index contributed by atoms with van der Waals surface area (Å²) in [6.07, 6.45) is 5.41. The number of aryl methyl sites for hydroxylation is 3. The van der Waals surface area contributed by atoms with Crippen LogP contribution in [0.2, 0.25) is 5.02 Å². The van der Waals surface area contributed by atoms with Crippen LogP contribution in [0.4, 0.5) is 56.0 Å². The predicted molar refractivity (Wildman–Crippen MR) is 394 cm³/mol. The van der Waals surface area contributed by atoms with Crippen molar-refractivity contribution in [1.82, 2.24) is 89.1 Å². The molecule has 109 heavy (non-hydrogen) atoms. The molecule has 5 aromatic carbocycles. The van der Waals surface area contributed by atoms with Crippen LogP contribution in [0.15, 0.2) is 189 Å². The van der Waals surface area contributed by atoms with E-state index in [2.05, 4.69) is 96.4 Å². The number of aromatic nitrogens is 17. The normalized spacial score (nSPS) is 11.0. The minimum Gasteiger partial charge on any atom is -0.444 e. The van der Waals surface area contributed by atoms with Gasteiger partial charge >= 0.3 is 24.4 Å². The number of nitrogen functional groups attached to an aromatic ring is 1. The van der Waals surface area contributed by atoms with E-state index in [-0.39, 0.29) is 23.1 Å². The fourth-order valence-corrected chi connectivity index (χ4v) is 8.90. The van der Waals surface area contributed by atoms with Gasteiger partial charge in [0.05, 0.1) is 16.9 Å². The first-order valence-electron chi connectivity index (χ1n) is 32.2. The van der Waals surface area contributed by atoms with E-state index in [0.29, 0.717) is 92.1 Å². The highest BCUT2D eigenvalue weighted by Crippen LogP contribution is 2.37. The molecule has 562 valence electrons. The SMILES string of the molecule is CN(C)C=NC(=O)c1cc(Oc2ccc(NC(=O)OC(C)(C)C)cc2)ncn1.Cn1ncnc1-c1cc(Oc2ccc(N)cc2)ncn1.Cn1ncnc1-c1cc(Oc2ccc(NC(=O)Nc3ccc(Cl)c(C(F)(F)F)c3)cc2)ncn1.Cn1ncnc1-c1cc(Oc2ccc(NC(=O)OC(C)(C)C)cc2)ncn1. The highest BCUT2D eigenvalue weighted by Gasteiger charge is 2.33. The Bertz CT molecular complexity index is 5100. The summed E-state index contributed by atoms with van der Waals surface area (Å²) in [4.78, 5) is 98.2. The first kappa shape index (κ1) is 79.0. The van der Waals surface area contributed by atoms with Crippen LogP contribution in [-0.4, -0.2) is 145 Å². The summed E-state index contributed by atoms with van der Waals surface area (Å²) >= 11 is 5.59. The average molecular weight is 1510 g/mol. The number of halogens is 4. The molecular weight excluding hydrogens is 1440 g/mol. The van der Waals surface area contributed by atoms with E-state index in [0.717, 1.165) is 12.1 Å². The molecule has 0 radical (unpaired) electrons. The summed E-state index contributed by atoms with van der Waals surface area (Å²) in [6, 6.07) is 35.6. The second kappa shape index (κ2) is 36.0. The third-order valence-corrected chi connectivity index (χ3v) is 13.8. The van der Waals surface area contributed by atoms with Crippen molar-refractivity contribution in [2.45, 2.75) is 58.9 Å². The van der Waals surface area contributed by atoms with Crippen LogP contribution >= 0.6 is 11.6 Å². The smallest absolute Gasteiger partial charge is 0.417 e. The molecule has 5 amide bonds. The zero-order chi connectivity index (χ0) is 78.4. The Labute approximate surface area is 625 Å². The lowest BCUT2D eigenvalue weighted by molar-refractivity contribution is -0.137. The molecule has 7 aromatic heterocycles. The maximum absolute atomic E-state index is 13.0. The predicted octanol–water partition coefficient (Wildman–Crippen LogP) is 13.8. The van der Waals surface area contributed by atoms with Crippen molar-refractivity contribution in [3.63, 3.8) is 0 Å². The van der Waals surface area contributed by atoms with Gasteiger partial charge in [-0.2, -0.15) is 33.5 Å². The van der Waals surface area contributed by atoms with Crippen molar-refractivity contribution < 1.29 is 60.8 Å². The van der Waals surface area contributed by atoms with Crippen molar-refractivity contribution in [2.24, 2.45) is 26.1 Å². The third kappa shape index (κ3) is 25.0. The van der Waals surface area contributed by atoms with Gasteiger partial charge in [0.1, 0.15) is 101 Å². The summed E-state index contributed by atoms with van der Waals surface area (Å²) in [7, 11) is 8.82. The van der Waals surface area contributed by atoms with Crippen LogP contribution in [0.1, 0.15) is 57.6 Å². The Kier molecular flexibility index (Phi) is 26.1. The summed E-state index contributed by atoms with van der Waals surface area (Å²) < 4.78 is 76.9. The number of rotatable bonds is 17. The van der Waals surface area contributed by atoms with Gasteiger partial charge in [0.25, 0.3) is 5.91 Å². The summed E-state index contributed by atoms with van der Waals surface area (Å²) in [5, 5.41) is 21.7. The van der Waals surface area contributed by atoms with Crippen molar-refractivity contribution >= 4 is 70.5 Å². The highest BCUT2D eigenvalue weighted by molar-refractivity contribution is 6.31. The molecule has 0 bridgehead atoms. The second-order valence-electron chi connectivity index (χ2n) is 24.7. The molecule has 34 nitrogen and oxygen atoms in total. The minimum atomic E-state index is -4.64. The van der Waals surface area contributed by atoms with Crippen molar-refractivity contribution in [2.75, 3.05) is 41.1 Å². The number of nitrogens with two attached hydrogens (primary N) is 1. The van der Waals surface area contributed by atoms with E-state index >= 15 is 0 Å². The molecule has 12 rings (SSSR count). The Morgan fingerprint density at radius 1 is 0.450 bits per heavy atom. The Morgan fingerprint density at radius 2 is 0.789 bits per heavy atom. The van der Waals surface area contributed by atoms with Crippen LogP contribution in [0.25, 0.3) is 34.6 Å². The number of aliphatic imine (C=N–C) groups is 1. The van der Waals surface area contributed by atoms with Gasteiger partial charge in [-0.1, -0.05) is 11.6 Å². The molecular formula is C71H70ClF3N24O10. The lowest BCUT2D eigenvalue weighted by Crippen LogP contribution is -2.27. The topological polar surface area (TPSA) is 409 Å². The lowest BCUT2D eigenvalue weighted by Gasteiger charge is -2.19. The molecule has 7 heterocycles. The summed E-state index contributed by atoms with van der Waals surface area (Å²) in [5.41, 5.74) is 7.50. The fourth-order valence-electron chi connectivity index (χ4n) is 8.68. The zero-order valence-electron chi connectivity index (χ0n) is 60.1. The van der Waals surface area contributed by atoms with E-state index in [1.807, 2.05) is 0 Å². The largest absolute Gasteiger partial charge is 0.444 e. The number of anilines is 5. The monoisotopic (exact) mass is 1510 g/mol. The second-order valence-corrected chi connectivity index (χ2v) is 25.1. The number of amides is 5. The fraction of sp³-hybridized carbons (Fsp3) is 0.197. The van der Waals surface area contributed by atoms with E-state index in [1.165, 1.54) is 62.8 Å². The van der Waals surface area contributed by atoms with Gasteiger partial charge in [0.15, 0.2) is 17.5 Å². The molecule has 0 atom stereocenters. The zero-order valence-corrected chi connectivity index (χ0v) is 60.8. The standard InChI is InChI=1S/C21H15ClF3N7O2.C19H23N5O4.C18H20N6O3.C13H12N6O/c1-32-19(28-11-29-32)17-9-18(27-10-26-17)34-14-5-2-12(3-6-14)30-20(33)31-13-4-7-16(22)15(8-13)21(23,24)25;1-19(2,3)28-18(26)23-13-6-8-14(9-7-13)27-16-10-15(20-11-21-16)17(25)22-12-24(4)5;1-18(2,3)27-17(25)23-12-5-7-13(8-6-12)26-15-9-14(19-10-20-15)16-21-11-22-24(16)4;1-19-13(17-8-18-19)11-6-12(16-7-15-11)20-10-4-2-9(14)3-5-10/h2-11H,1H3,(H2,30,31,33);6-12H,1-5H3,(H,23,26);5-11H,1-4H3,(H,23,25);2-8H,14H2,1H3. The van der Waals surface area contributed by atoms with E-state index in [1.54, 1.807) is 211 Å². The number of ether oxygens (including phenoxy) is 6. The molecule has 0 spiro atoms. The number of nitrogens with one attached hydrogen (secondary N) is 4. The first-order valence-corrected chi connectivity index (χ1v) is 32.6. The van der Waals surface area contributed by atoms with Crippen molar-refractivity contribution in [1.29, 1.82) is 0 Å². The average Bonchev–Trinajstić information content (AvgIpc) is 1.82. The molecule has 0 saturated carbocycles. The van der Waals surface area contributed by atoms with Crippen LogP contribution in [0, 0.1) is 0 Å². The van der Waals surface area contributed by atoms with Gasteiger partial charge in [0.2, 0.25) is 23.5 Å². The minimum absolute atomic E-state index is 0.0587. The van der Waals surface area contributed by atoms with Gasteiger partial charge in [-0.15, -0.1) is 0 Å². The van der Waals surface area contributed by atoms with E-state index in [9.17, 15) is 32.3 Å². The molecule has 0 aliphatic carbocycles. The van der Waals surface area contributed by atoms with Crippen molar-refractivity contribution in [3.05, 3.63) is 200 Å². The summed E-state index contributed by atoms with van der Waals surface area (Å²) in [6.45, 7) is 10.8. The number of carbonyl (C=O) groups excluding carboxylic acids is 4. The van der Waals surface area contributed by atoms with Gasteiger partial charge in [-0.25, -0.2) is 83.3 Å². The van der Waals surface area contributed by atoms with Gasteiger partial charge < -0.3 is 49.7 Å². The van der Waals surface area contributed by atoms with Crippen molar-refractivity contribution in [3.8, 4) is 81.1 Å². The van der Waals surface area contributed by atoms with Crippen LogP contribution in [0.5, 0.6) is 46.5 Å². The Hall–Kier alpha value is -14.1. The Morgan fingerprint density at radius 3 is 1.14 bits per heavy atom. The Balaban J connectivity index is 0.000000170. The number of alkyl halides is 3. The number of carbonyl (C=O) groups is 4. The quantitative estimate of drug-likeness (QED) is 0.0321. The molecule has 0 saturated heterocycles. The van der Waals surface area contributed by atoms with Crippen LogP contribution in [-0.2, 0) is 36.8 Å². The van der Waals surface area contributed by atoms with Gasteiger partial charge in [-0.05, 0) is 157 Å². The van der Waals surface area contributed by atoms with Crippen LogP contribution in [0.3, 0.4) is 0 Å². The molecule has 0 aliphatic heterocycles. The maximum Gasteiger partial charge on any atom is 0.417 e. The lowest BCUT2D eigenvalue weighted by atomic mass is 10.2. The molecule has 0 fully saturated rings.